The minimum absolute atomic E-state index is 0.159. The molecule has 0 saturated carbocycles. The molecule has 6 nitrogen and oxygen atoms in total. The number of ether oxygens (including phenoxy) is 2. The Morgan fingerprint density at radius 2 is 1.43 bits per heavy atom. The lowest BCUT2D eigenvalue weighted by Crippen LogP contribution is -2.60. The Labute approximate surface area is 244 Å². The maximum absolute atomic E-state index is 14.1. The van der Waals surface area contributed by atoms with E-state index >= 15 is 0 Å². The Hall–Kier alpha value is -2.08. The molecule has 0 bridgehead atoms. The molecule has 0 radical (unpaired) electrons. The van der Waals surface area contributed by atoms with Gasteiger partial charge in [-0.05, 0) is 75.6 Å². The van der Waals surface area contributed by atoms with Gasteiger partial charge in [0, 0.05) is 29.8 Å². The van der Waals surface area contributed by atoms with Gasteiger partial charge in [-0.15, -0.1) is 0 Å². The number of piperidine rings is 1. The first-order chi connectivity index (χ1) is 18.2. The van der Waals surface area contributed by atoms with E-state index in [9.17, 15) is 14.7 Å². The molecule has 1 aliphatic heterocycles. The monoisotopic (exact) mass is 559 g/mol. The van der Waals surface area contributed by atoms with Gasteiger partial charge < -0.3 is 14.6 Å². The third kappa shape index (κ3) is 7.80. The largest absolute Gasteiger partial charge is 0.507 e. The molecular formula is C34H57NO5. The van der Waals surface area contributed by atoms with Gasteiger partial charge in [0.15, 0.2) is 5.92 Å². The number of hydrogen-bond donors (Lipinski definition) is 1. The first-order valence-corrected chi connectivity index (χ1v) is 15.2. The normalized spacial score (nSPS) is 19.6. The van der Waals surface area contributed by atoms with Crippen LogP contribution in [0.25, 0.3) is 0 Å². The summed E-state index contributed by atoms with van der Waals surface area (Å²) in [6.07, 6.45) is 3.49. The number of benzene rings is 1. The van der Waals surface area contributed by atoms with Gasteiger partial charge in [0.1, 0.15) is 11.9 Å². The fourth-order valence-corrected chi connectivity index (χ4v) is 6.22. The van der Waals surface area contributed by atoms with Gasteiger partial charge in [0.2, 0.25) is 0 Å². The second-order valence-electron chi connectivity index (χ2n) is 15.1. The molecule has 1 saturated heterocycles. The van der Waals surface area contributed by atoms with Crippen LogP contribution >= 0.6 is 0 Å². The number of carbonyl (C=O) groups excluding carboxylic acids is 2. The van der Waals surface area contributed by atoms with E-state index in [1.165, 1.54) is 0 Å². The Morgan fingerprint density at radius 1 is 0.950 bits per heavy atom. The van der Waals surface area contributed by atoms with Crippen LogP contribution in [-0.4, -0.2) is 52.8 Å². The van der Waals surface area contributed by atoms with Crippen molar-refractivity contribution < 1.29 is 24.2 Å². The number of phenols is 1. The number of esters is 2. The molecule has 1 aromatic rings. The fraction of sp³-hybridized carbons (Fsp3) is 0.765. The number of nitrogens with zero attached hydrogens (tertiary/aromatic N) is 1. The molecule has 2 rings (SSSR count). The van der Waals surface area contributed by atoms with Crippen LogP contribution in [0.5, 0.6) is 5.75 Å². The van der Waals surface area contributed by atoms with Gasteiger partial charge in [-0.3, -0.25) is 14.5 Å². The van der Waals surface area contributed by atoms with Gasteiger partial charge in [0.05, 0.1) is 6.61 Å². The average molecular weight is 560 g/mol. The molecule has 6 heteroatoms. The molecule has 1 fully saturated rings. The Morgan fingerprint density at radius 3 is 1.82 bits per heavy atom. The summed E-state index contributed by atoms with van der Waals surface area (Å²) in [5.41, 5.74) is 1.51. The van der Waals surface area contributed by atoms with Crippen molar-refractivity contribution in [2.45, 2.75) is 149 Å². The zero-order valence-electron chi connectivity index (χ0n) is 27.7. The molecule has 1 heterocycles. The predicted octanol–water partition coefficient (Wildman–Crippen LogP) is 7.63. The van der Waals surface area contributed by atoms with E-state index in [1.54, 1.807) is 6.92 Å². The molecule has 1 aromatic carbocycles. The lowest BCUT2D eigenvalue weighted by atomic mass is 9.74. The van der Waals surface area contributed by atoms with Gasteiger partial charge in [-0.2, -0.15) is 0 Å². The highest BCUT2D eigenvalue weighted by Gasteiger charge is 2.46. The van der Waals surface area contributed by atoms with Gasteiger partial charge in [-0.25, -0.2) is 0 Å². The van der Waals surface area contributed by atoms with Crippen molar-refractivity contribution in [3.8, 4) is 5.75 Å². The van der Waals surface area contributed by atoms with Crippen LogP contribution < -0.4 is 0 Å². The third-order valence-electron chi connectivity index (χ3n) is 8.80. The van der Waals surface area contributed by atoms with Crippen LogP contribution in [-0.2, 0) is 29.9 Å². The highest BCUT2D eigenvalue weighted by atomic mass is 16.6. The molecular weight excluding hydrogens is 502 g/mol. The van der Waals surface area contributed by atoms with Gasteiger partial charge >= 0.3 is 11.9 Å². The number of rotatable bonds is 9. The van der Waals surface area contributed by atoms with Gasteiger partial charge in [-0.1, -0.05) is 73.4 Å². The quantitative estimate of drug-likeness (QED) is 0.248. The van der Waals surface area contributed by atoms with E-state index in [1.807, 2.05) is 12.1 Å². The number of hydrogen-bond acceptors (Lipinski definition) is 6. The van der Waals surface area contributed by atoms with Crippen molar-refractivity contribution in [3.63, 3.8) is 0 Å². The van der Waals surface area contributed by atoms with Crippen LogP contribution in [0.4, 0.5) is 0 Å². The van der Waals surface area contributed by atoms with E-state index in [0.29, 0.717) is 19.3 Å². The molecule has 228 valence electrons. The smallest absolute Gasteiger partial charge is 0.321 e. The zero-order chi connectivity index (χ0) is 30.8. The predicted molar refractivity (Wildman–Crippen MR) is 163 cm³/mol. The average Bonchev–Trinajstić information content (AvgIpc) is 2.78. The lowest BCUT2D eigenvalue weighted by Gasteiger charge is -2.53. The molecule has 40 heavy (non-hydrogen) atoms. The van der Waals surface area contributed by atoms with Crippen molar-refractivity contribution in [2.24, 2.45) is 5.92 Å². The van der Waals surface area contributed by atoms with Gasteiger partial charge in [0.25, 0.3) is 0 Å². The minimum atomic E-state index is -1.08. The Balaban J connectivity index is 2.66. The number of unbranched alkanes of at least 4 members (excludes halogenated alkanes) is 1. The van der Waals surface area contributed by atoms with Crippen molar-refractivity contribution in [3.05, 3.63) is 28.8 Å². The van der Waals surface area contributed by atoms with E-state index < -0.39 is 23.8 Å². The molecule has 0 aliphatic carbocycles. The number of phenolic OH excluding ortho intramolecular Hbond substituents is 1. The van der Waals surface area contributed by atoms with Crippen molar-refractivity contribution in [1.82, 2.24) is 4.90 Å². The van der Waals surface area contributed by atoms with Crippen LogP contribution in [0.15, 0.2) is 12.1 Å². The summed E-state index contributed by atoms with van der Waals surface area (Å²) in [5, 5.41) is 11.3. The number of likely N-dealkylation sites (tertiary alicyclic amines) is 1. The van der Waals surface area contributed by atoms with E-state index in [4.69, 9.17) is 9.47 Å². The summed E-state index contributed by atoms with van der Waals surface area (Å²) in [7, 11) is 2.12. The summed E-state index contributed by atoms with van der Waals surface area (Å²) < 4.78 is 11.7. The fourth-order valence-electron chi connectivity index (χ4n) is 6.22. The van der Waals surface area contributed by atoms with Crippen molar-refractivity contribution >= 4 is 11.9 Å². The molecule has 0 spiro atoms. The molecule has 1 N–H and O–H groups in total. The summed E-state index contributed by atoms with van der Waals surface area (Å²) >= 11 is 0. The van der Waals surface area contributed by atoms with E-state index in [0.717, 1.165) is 29.5 Å². The molecule has 1 aliphatic rings. The highest BCUT2D eigenvalue weighted by Crippen LogP contribution is 2.44. The first-order valence-electron chi connectivity index (χ1n) is 15.2. The standard InChI is InChI=1S/C34H57NO5/c1-14-16-17-24(22-18-25(31(3,4)5)28(36)26(19-22)32(6,7)8)27(29(37)39-15-2)30(38)40-23-20-33(9,10)35(13)34(11,12)21-23/h18-19,23-24,27,36H,14-17,20-21H2,1-13H3. The van der Waals surface area contributed by atoms with Crippen LogP contribution in [0.2, 0.25) is 0 Å². The maximum Gasteiger partial charge on any atom is 0.321 e. The van der Waals surface area contributed by atoms with Crippen LogP contribution in [0.1, 0.15) is 138 Å². The van der Waals surface area contributed by atoms with Crippen LogP contribution in [0, 0.1) is 5.92 Å². The number of carbonyl (C=O) groups is 2. The first kappa shape index (κ1) is 34.1. The van der Waals surface area contributed by atoms with E-state index in [-0.39, 0.29) is 40.4 Å². The Bertz CT molecular complexity index is 990. The lowest BCUT2D eigenvalue weighted by molar-refractivity contribution is -0.172. The molecule has 2 unspecified atom stereocenters. The number of aromatic hydroxyl groups is 1. The topological polar surface area (TPSA) is 76.1 Å². The molecule has 0 aromatic heterocycles. The van der Waals surface area contributed by atoms with Crippen molar-refractivity contribution in [2.75, 3.05) is 13.7 Å². The Kier molecular flexibility index (Phi) is 10.6. The molecule has 0 amide bonds. The van der Waals surface area contributed by atoms with E-state index in [2.05, 4.69) is 88.1 Å². The SMILES string of the molecule is CCCCC(c1cc(C(C)(C)C)c(O)c(C(C)(C)C)c1)C(C(=O)OCC)C(=O)OC1CC(C)(C)N(C)C(C)(C)C1. The summed E-state index contributed by atoms with van der Waals surface area (Å²) in [4.78, 5) is 30.0. The summed E-state index contributed by atoms with van der Waals surface area (Å²) in [6, 6.07) is 3.98. The second kappa shape index (κ2) is 12.4. The second-order valence-corrected chi connectivity index (χ2v) is 15.1. The maximum atomic E-state index is 14.1. The molecule has 2 atom stereocenters. The minimum Gasteiger partial charge on any atom is -0.507 e. The zero-order valence-corrected chi connectivity index (χ0v) is 27.7. The third-order valence-corrected chi connectivity index (χ3v) is 8.80. The summed E-state index contributed by atoms with van der Waals surface area (Å²) in [6.45, 7) is 25.1. The highest BCUT2D eigenvalue weighted by molar-refractivity contribution is 5.96. The van der Waals surface area contributed by atoms with Crippen molar-refractivity contribution in [1.29, 1.82) is 0 Å². The summed E-state index contributed by atoms with van der Waals surface area (Å²) in [5.74, 6) is -2.28. The van der Waals surface area contributed by atoms with Crippen LogP contribution in [0.3, 0.4) is 0 Å².